The molecule has 2 fully saturated rings. The third-order valence-electron chi connectivity index (χ3n) is 6.14. The molecule has 1 aromatic carbocycles. The second-order valence-corrected chi connectivity index (χ2v) is 8.18. The van der Waals surface area contributed by atoms with Gasteiger partial charge in [-0.15, -0.1) is 0 Å². The minimum atomic E-state index is -0.535. The van der Waals surface area contributed by atoms with E-state index in [1.165, 1.54) is 18.2 Å². The molecule has 1 N–H and O–H groups in total. The molecular weight excluding hydrogens is 369 g/mol. The van der Waals surface area contributed by atoms with Crippen LogP contribution in [0.4, 0.5) is 4.39 Å². The number of rotatable bonds is 5. The van der Waals surface area contributed by atoms with Crippen molar-refractivity contribution in [3.8, 4) is 0 Å². The van der Waals surface area contributed by atoms with Crippen molar-refractivity contribution in [3.63, 3.8) is 0 Å². The monoisotopic (exact) mass is 397 g/mol. The van der Waals surface area contributed by atoms with Gasteiger partial charge in [-0.25, -0.2) is 4.39 Å². The van der Waals surface area contributed by atoms with E-state index in [0.29, 0.717) is 18.0 Å². The van der Waals surface area contributed by atoms with Gasteiger partial charge in [0.05, 0.1) is 17.7 Å². The van der Waals surface area contributed by atoms with E-state index in [1.54, 1.807) is 4.90 Å². The number of hydrogen-bond acceptors (Lipinski definition) is 4. The molecule has 7 heteroatoms. The van der Waals surface area contributed by atoms with Crippen LogP contribution in [-0.2, 0) is 0 Å². The van der Waals surface area contributed by atoms with Crippen molar-refractivity contribution >= 4 is 17.5 Å². The predicted molar refractivity (Wildman–Crippen MR) is 105 cm³/mol. The van der Waals surface area contributed by atoms with E-state index in [1.807, 2.05) is 0 Å². The van der Waals surface area contributed by atoms with Crippen LogP contribution in [0.1, 0.15) is 23.7 Å². The van der Waals surface area contributed by atoms with Gasteiger partial charge in [-0.05, 0) is 37.1 Å². The lowest BCUT2D eigenvalue weighted by atomic mass is 9.88. The summed E-state index contributed by atoms with van der Waals surface area (Å²) in [4.78, 5) is 19.6. The first kappa shape index (κ1) is 20.5. The fraction of sp³-hybridized carbons (Fsp3) is 0.650. The molecular formula is C20H29ClFN3O2. The summed E-state index contributed by atoms with van der Waals surface area (Å²) < 4.78 is 13.4. The Morgan fingerprint density at radius 1 is 1.30 bits per heavy atom. The standard InChI is InChI=1S/C20H29ClFN3O2/c1-3-14-11-25(20(27)15-4-5-18(22)17(21)10-15)19(13-26)16(14)12-24-8-6-23(2)7-9-24/h4-5,10,14,16,19,26H,3,6-9,11-13H2,1-2H3/t14-,16-,19-/m1/s1. The van der Waals surface area contributed by atoms with E-state index in [2.05, 4.69) is 23.8 Å². The summed E-state index contributed by atoms with van der Waals surface area (Å²) in [5.41, 5.74) is 0.370. The maximum Gasteiger partial charge on any atom is 0.254 e. The van der Waals surface area contributed by atoms with Gasteiger partial charge in [0.1, 0.15) is 5.82 Å². The van der Waals surface area contributed by atoms with E-state index in [-0.39, 0.29) is 29.5 Å². The normalized spacial score (nSPS) is 27.3. The number of piperazine rings is 1. The van der Waals surface area contributed by atoms with Crippen LogP contribution in [0.2, 0.25) is 5.02 Å². The molecule has 3 rings (SSSR count). The maximum absolute atomic E-state index is 13.4. The summed E-state index contributed by atoms with van der Waals surface area (Å²) in [5.74, 6) is -0.132. The van der Waals surface area contributed by atoms with Gasteiger partial charge in [-0.2, -0.15) is 0 Å². The van der Waals surface area contributed by atoms with E-state index in [9.17, 15) is 14.3 Å². The highest BCUT2D eigenvalue weighted by Crippen LogP contribution is 2.34. The number of benzene rings is 1. The Morgan fingerprint density at radius 2 is 2.00 bits per heavy atom. The van der Waals surface area contributed by atoms with Crippen LogP contribution in [0.3, 0.4) is 0 Å². The quantitative estimate of drug-likeness (QED) is 0.827. The molecule has 0 unspecified atom stereocenters. The molecule has 2 saturated heterocycles. The Bertz CT molecular complexity index is 667. The lowest BCUT2D eigenvalue weighted by Crippen LogP contribution is -2.49. The molecule has 1 amide bonds. The molecule has 2 aliphatic heterocycles. The summed E-state index contributed by atoms with van der Waals surface area (Å²) in [5, 5.41) is 10.0. The van der Waals surface area contributed by atoms with Gasteiger partial charge in [0.15, 0.2) is 0 Å². The zero-order chi connectivity index (χ0) is 19.6. The number of hydrogen-bond donors (Lipinski definition) is 1. The number of aliphatic hydroxyl groups is 1. The van der Waals surface area contributed by atoms with Crippen molar-refractivity contribution < 1.29 is 14.3 Å². The lowest BCUT2D eigenvalue weighted by Gasteiger charge is -2.36. The summed E-state index contributed by atoms with van der Waals surface area (Å²) >= 11 is 5.85. The third-order valence-corrected chi connectivity index (χ3v) is 6.42. The Kier molecular flexibility index (Phi) is 6.74. The highest BCUT2D eigenvalue weighted by molar-refractivity contribution is 6.31. The molecule has 5 nitrogen and oxygen atoms in total. The predicted octanol–water partition coefficient (Wildman–Crippen LogP) is 2.19. The molecule has 0 radical (unpaired) electrons. The molecule has 1 aromatic rings. The summed E-state index contributed by atoms with van der Waals surface area (Å²) in [6.45, 7) is 7.72. The average Bonchev–Trinajstić information content (AvgIpc) is 3.02. The average molecular weight is 398 g/mol. The van der Waals surface area contributed by atoms with Crippen molar-refractivity contribution in [2.24, 2.45) is 11.8 Å². The molecule has 0 spiro atoms. The number of halogens is 2. The molecule has 0 bridgehead atoms. The minimum Gasteiger partial charge on any atom is -0.394 e. The molecule has 0 saturated carbocycles. The Hall–Kier alpha value is -1.21. The minimum absolute atomic E-state index is 0.0541. The van der Waals surface area contributed by atoms with Crippen LogP contribution in [0, 0.1) is 17.7 Å². The summed E-state index contributed by atoms with van der Waals surface area (Å²) in [7, 11) is 2.13. The van der Waals surface area contributed by atoms with Gasteiger partial charge in [-0.1, -0.05) is 24.9 Å². The number of carbonyl (C=O) groups is 1. The molecule has 2 heterocycles. The van der Waals surface area contributed by atoms with Crippen LogP contribution in [0.15, 0.2) is 18.2 Å². The van der Waals surface area contributed by atoms with Crippen LogP contribution in [-0.4, -0.2) is 84.7 Å². The lowest BCUT2D eigenvalue weighted by molar-refractivity contribution is 0.0591. The Balaban J connectivity index is 1.76. The van der Waals surface area contributed by atoms with E-state index < -0.39 is 5.82 Å². The largest absolute Gasteiger partial charge is 0.394 e. The SMILES string of the molecule is CC[C@@H]1CN(C(=O)c2ccc(F)c(Cl)c2)[C@H](CO)[C@@H]1CN1CCN(C)CC1. The van der Waals surface area contributed by atoms with Gasteiger partial charge in [0.25, 0.3) is 5.91 Å². The van der Waals surface area contributed by atoms with Crippen molar-refractivity contribution in [1.29, 1.82) is 0 Å². The zero-order valence-corrected chi connectivity index (χ0v) is 16.8. The van der Waals surface area contributed by atoms with Crippen molar-refractivity contribution in [2.45, 2.75) is 19.4 Å². The number of amides is 1. The summed E-state index contributed by atoms with van der Waals surface area (Å²) in [6, 6.07) is 3.85. The van der Waals surface area contributed by atoms with Crippen LogP contribution in [0.5, 0.6) is 0 Å². The molecule has 150 valence electrons. The molecule has 2 aliphatic rings. The number of likely N-dealkylation sites (tertiary alicyclic amines) is 1. The number of carbonyl (C=O) groups excluding carboxylic acids is 1. The maximum atomic E-state index is 13.4. The smallest absolute Gasteiger partial charge is 0.254 e. The molecule has 0 aliphatic carbocycles. The van der Waals surface area contributed by atoms with Crippen LogP contribution in [0.25, 0.3) is 0 Å². The fourth-order valence-corrected chi connectivity index (χ4v) is 4.54. The first-order chi connectivity index (χ1) is 12.9. The first-order valence-electron chi connectivity index (χ1n) is 9.72. The number of likely N-dealkylation sites (N-methyl/N-ethyl adjacent to an activating group) is 1. The zero-order valence-electron chi connectivity index (χ0n) is 16.1. The van der Waals surface area contributed by atoms with Crippen molar-refractivity contribution in [3.05, 3.63) is 34.6 Å². The highest BCUT2D eigenvalue weighted by Gasteiger charge is 2.43. The fourth-order valence-electron chi connectivity index (χ4n) is 4.36. The second kappa shape index (κ2) is 8.86. The van der Waals surface area contributed by atoms with E-state index in [0.717, 1.165) is 39.1 Å². The Labute approximate surface area is 165 Å². The molecule has 3 atom stereocenters. The molecule has 27 heavy (non-hydrogen) atoms. The van der Waals surface area contributed by atoms with Gasteiger partial charge >= 0.3 is 0 Å². The second-order valence-electron chi connectivity index (χ2n) is 7.77. The number of aliphatic hydroxyl groups excluding tert-OH is 1. The third kappa shape index (κ3) is 4.45. The first-order valence-corrected chi connectivity index (χ1v) is 10.1. The van der Waals surface area contributed by atoms with Crippen LogP contribution >= 0.6 is 11.6 Å². The van der Waals surface area contributed by atoms with Gasteiger partial charge in [0, 0.05) is 44.8 Å². The van der Waals surface area contributed by atoms with Gasteiger partial charge < -0.3 is 19.8 Å². The van der Waals surface area contributed by atoms with Crippen LogP contribution < -0.4 is 0 Å². The van der Waals surface area contributed by atoms with E-state index in [4.69, 9.17) is 11.6 Å². The van der Waals surface area contributed by atoms with Crippen molar-refractivity contribution in [2.75, 3.05) is 52.9 Å². The summed E-state index contributed by atoms with van der Waals surface area (Å²) in [6.07, 6.45) is 0.961. The topological polar surface area (TPSA) is 47.0 Å². The van der Waals surface area contributed by atoms with Crippen molar-refractivity contribution in [1.82, 2.24) is 14.7 Å². The number of nitrogens with zero attached hydrogens (tertiary/aromatic N) is 3. The van der Waals surface area contributed by atoms with E-state index >= 15 is 0 Å². The molecule has 0 aromatic heterocycles. The Morgan fingerprint density at radius 3 is 2.59 bits per heavy atom. The highest BCUT2D eigenvalue weighted by atomic mass is 35.5. The van der Waals surface area contributed by atoms with Gasteiger partial charge in [-0.3, -0.25) is 4.79 Å². The van der Waals surface area contributed by atoms with Gasteiger partial charge in [0.2, 0.25) is 0 Å².